The smallest absolute Gasteiger partial charge is 0.221 e. The molecule has 0 aliphatic rings. The maximum atomic E-state index is 11.5. The van der Waals surface area contributed by atoms with E-state index < -0.39 is 0 Å². The van der Waals surface area contributed by atoms with Crippen LogP contribution in [0.2, 0.25) is 0 Å². The second kappa shape index (κ2) is 7.77. The Labute approximate surface area is 151 Å². The van der Waals surface area contributed by atoms with Crippen molar-refractivity contribution in [2.45, 2.75) is 6.92 Å². The first kappa shape index (κ1) is 18.4. The van der Waals surface area contributed by atoms with E-state index in [1.807, 2.05) is 37.2 Å². The van der Waals surface area contributed by atoms with Crippen molar-refractivity contribution >= 4 is 34.3 Å². The highest BCUT2D eigenvalue weighted by Gasteiger charge is 2.11. The van der Waals surface area contributed by atoms with E-state index in [0.29, 0.717) is 17.1 Å². The van der Waals surface area contributed by atoms with Gasteiger partial charge in [0.2, 0.25) is 5.91 Å². The van der Waals surface area contributed by atoms with Gasteiger partial charge in [-0.25, -0.2) is 0 Å². The topological polar surface area (TPSA) is 131 Å². The monoisotopic (exact) mass is 347 g/mol. The van der Waals surface area contributed by atoms with E-state index in [1.165, 1.54) is 19.1 Å². The molecule has 26 heavy (non-hydrogen) atoms. The highest BCUT2D eigenvalue weighted by molar-refractivity contribution is 5.93. The van der Waals surface area contributed by atoms with Crippen LogP contribution in [0.5, 0.6) is 0 Å². The Bertz CT molecular complexity index is 929. The Morgan fingerprint density at radius 1 is 1.12 bits per heavy atom. The van der Waals surface area contributed by atoms with Crippen LogP contribution in [-0.4, -0.2) is 20.0 Å². The second-order valence-corrected chi connectivity index (χ2v) is 5.67. The first-order chi connectivity index (χ1) is 12.3. The standard InChI is InChI=1S/C18H17N7O/c1-11(26)22-17-8-15(25(2)3)4-5-16(17)23-24-18-12(9-19)6-14(21)7-13(18)10-20/h4-8H,21H2,1-3H3,(H,22,26)/b24-23+. The van der Waals surface area contributed by atoms with Crippen LogP contribution in [0.25, 0.3) is 0 Å². The predicted molar refractivity (Wildman–Crippen MR) is 99.5 cm³/mol. The number of nitrogen functional groups attached to an aromatic ring is 1. The predicted octanol–water partition coefficient (Wildman–Crippen LogP) is 3.45. The van der Waals surface area contributed by atoms with Crippen molar-refractivity contribution in [3.8, 4) is 12.1 Å². The summed E-state index contributed by atoms with van der Waals surface area (Å²) in [4.78, 5) is 13.3. The summed E-state index contributed by atoms with van der Waals surface area (Å²) in [5.41, 5.74) is 8.16. The highest BCUT2D eigenvalue weighted by atomic mass is 16.1. The Morgan fingerprint density at radius 2 is 1.73 bits per heavy atom. The number of hydrogen-bond donors (Lipinski definition) is 2. The van der Waals surface area contributed by atoms with Gasteiger partial charge in [0, 0.05) is 32.4 Å². The van der Waals surface area contributed by atoms with Crippen LogP contribution in [0.1, 0.15) is 18.1 Å². The Kier molecular flexibility index (Phi) is 5.51. The van der Waals surface area contributed by atoms with Gasteiger partial charge in [-0.3, -0.25) is 4.79 Å². The largest absolute Gasteiger partial charge is 0.399 e. The number of nitrogens with two attached hydrogens (primary N) is 1. The molecule has 0 bridgehead atoms. The lowest BCUT2D eigenvalue weighted by molar-refractivity contribution is -0.114. The maximum absolute atomic E-state index is 11.5. The molecule has 0 saturated carbocycles. The van der Waals surface area contributed by atoms with Gasteiger partial charge in [0.15, 0.2) is 0 Å². The van der Waals surface area contributed by atoms with E-state index in [4.69, 9.17) is 5.73 Å². The molecule has 8 nitrogen and oxygen atoms in total. The average molecular weight is 347 g/mol. The van der Waals surface area contributed by atoms with E-state index in [9.17, 15) is 15.3 Å². The molecule has 0 spiro atoms. The summed E-state index contributed by atoms with van der Waals surface area (Å²) >= 11 is 0. The molecule has 3 N–H and O–H groups in total. The lowest BCUT2D eigenvalue weighted by Crippen LogP contribution is -2.10. The molecule has 0 saturated heterocycles. The van der Waals surface area contributed by atoms with Gasteiger partial charge in [-0.15, -0.1) is 10.2 Å². The van der Waals surface area contributed by atoms with Crippen molar-refractivity contribution in [3.63, 3.8) is 0 Å². The van der Waals surface area contributed by atoms with E-state index >= 15 is 0 Å². The molecule has 0 atom stereocenters. The van der Waals surface area contributed by atoms with Crippen LogP contribution in [0.15, 0.2) is 40.6 Å². The van der Waals surface area contributed by atoms with Crippen molar-refractivity contribution in [2.24, 2.45) is 10.2 Å². The first-order valence-corrected chi connectivity index (χ1v) is 7.60. The third-order valence-electron chi connectivity index (χ3n) is 3.44. The van der Waals surface area contributed by atoms with E-state index in [-0.39, 0.29) is 22.7 Å². The summed E-state index contributed by atoms with van der Waals surface area (Å²) < 4.78 is 0. The number of rotatable bonds is 4. The molecule has 0 aliphatic carbocycles. The van der Waals surface area contributed by atoms with Gasteiger partial charge < -0.3 is 16.0 Å². The fraction of sp³-hybridized carbons (Fsp3) is 0.167. The number of nitriles is 2. The summed E-state index contributed by atoms with van der Waals surface area (Å²) in [6, 6.07) is 12.0. The molecule has 0 unspecified atom stereocenters. The molecular formula is C18H17N7O. The number of anilines is 3. The molecule has 0 aliphatic heterocycles. The fourth-order valence-corrected chi connectivity index (χ4v) is 2.22. The molecule has 8 heteroatoms. The molecular weight excluding hydrogens is 330 g/mol. The lowest BCUT2D eigenvalue weighted by Gasteiger charge is -2.15. The van der Waals surface area contributed by atoms with Gasteiger partial charge in [-0.1, -0.05) is 0 Å². The number of carbonyl (C=O) groups excluding carboxylic acids is 1. The Morgan fingerprint density at radius 3 is 2.23 bits per heavy atom. The first-order valence-electron chi connectivity index (χ1n) is 7.60. The van der Waals surface area contributed by atoms with Crippen LogP contribution >= 0.6 is 0 Å². The number of amides is 1. The zero-order valence-electron chi connectivity index (χ0n) is 14.6. The quantitative estimate of drug-likeness (QED) is 0.646. The third-order valence-corrected chi connectivity index (χ3v) is 3.44. The van der Waals surface area contributed by atoms with Crippen LogP contribution in [0, 0.1) is 22.7 Å². The summed E-state index contributed by atoms with van der Waals surface area (Å²) in [7, 11) is 3.75. The Hall–Kier alpha value is -3.91. The summed E-state index contributed by atoms with van der Waals surface area (Å²) in [5.74, 6) is -0.250. The van der Waals surface area contributed by atoms with Crippen LogP contribution < -0.4 is 16.0 Å². The number of nitrogens with zero attached hydrogens (tertiary/aromatic N) is 5. The Balaban J connectivity index is 2.53. The van der Waals surface area contributed by atoms with Crippen molar-refractivity contribution in [1.29, 1.82) is 10.5 Å². The van der Waals surface area contributed by atoms with Gasteiger partial charge >= 0.3 is 0 Å². The lowest BCUT2D eigenvalue weighted by atomic mass is 10.1. The molecule has 130 valence electrons. The zero-order chi connectivity index (χ0) is 19.3. The molecule has 0 heterocycles. The summed E-state index contributed by atoms with van der Waals surface area (Å²) in [5, 5.41) is 29.4. The van der Waals surface area contributed by atoms with Crippen LogP contribution in [-0.2, 0) is 4.79 Å². The van der Waals surface area contributed by atoms with Gasteiger partial charge in [0.25, 0.3) is 0 Å². The van der Waals surface area contributed by atoms with Crippen LogP contribution in [0.3, 0.4) is 0 Å². The maximum Gasteiger partial charge on any atom is 0.221 e. The minimum absolute atomic E-state index is 0.134. The molecule has 0 radical (unpaired) electrons. The molecule has 0 fully saturated rings. The van der Waals surface area contributed by atoms with Crippen molar-refractivity contribution < 1.29 is 4.79 Å². The number of azo groups is 1. The van der Waals surface area contributed by atoms with Crippen LogP contribution in [0.4, 0.5) is 28.4 Å². The van der Waals surface area contributed by atoms with Gasteiger partial charge in [0.05, 0.1) is 16.8 Å². The van der Waals surface area contributed by atoms with E-state index in [1.54, 1.807) is 12.1 Å². The summed E-state index contributed by atoms with van der Waals surface area (Å²) in [6.45, 7) is 1.39. The van der Waals surface area contributed by atoms with Crippen molar-refractivity contribution in [2.75, 3.05) is 30.0 Å². The van der Waals surface area contributed by atoms with E-state index in [2.05, 4.69) is 15.5 Å². The molecule has 1 amide bonds. The molecule has 2 aromatic rings. The fourth-order valence-electron chi connectivity index (χ4n) is 2.22. The number of hydrogen-bond acceptors (Lipinski definition) is 7. The zero-order valence-corrected chi connectivity index (χ0v) is 14.6. The number of nitrogens with one attached hydrogen (secondary N) is 1. The summed E-state index contributed by atoms with van der Waals surface area (Å²) in [6.07, 6.45) is 0. The highest BCUT2D eigenvalue weighted by Crippen LogP contribution is 2.33. The molecule has 2 aromatic carbocycles. The number of benzene rings is 2. The second-order valence-electron chi connectivity index (χ2n) is 5.67. The van der Waals surface area contributed by atoms with E-state index in [0.717, 1.165) is 5.69 Å². The normalized spacial score (nSPS) is 10.2. The number of carbonyl (C=O) groups is 1. The van der Waals surface area contributed by atoms with Crippen molar-refractivity contribution in [3.05, 3.63) is 41.5 Å². The van der Waals surface area contributed by atoms with Gasteiger partial charge in [-0.2, -0.15) is 10.5 Å². The minimum Gasteiger partial charge on any atom is -0.399 e. The minimum atomic E-state index is -0.250. The van der Waals surface area contributed by atoms with Gasteiger partial charge in [-0.05, 0) is 30.3 Å². The van der Waals surface area contributed by atoms with Crippen molar-refractivity contribution in [1.82, 2.24) is 0 Å². The van der Waals surface area contributed by atoms with Gasteiger partial charge in [0.1, 0.15) is 23.5 Å². The molecule has 2 rings (SSSR count). The molecule has 0 aromatic heterocycles. The third kappa shape index (κ3) is 4.13. The SMILES string of the molecule is CC(=O)Nc1cc(N(C)C)ccc1/N=N/c1c(C#N)cc(N)cc1C#N. The average Bonchev–Trinajstić information content (AvgIpc) is 2.59.